The third-order valence-corrected chi connectivity index (χ3v) is 3.88. The summed E-state index contributed by atoms with van der Waals surface area (Å²) in [5.74, 6) is 0. The molecule has 2 amide bonds. The second-order valence-electron chi connectivity index (χ2n) is 5.60. The fourth-order valence-electron chi connectivity index (χ4n) is 2.70. The van der Waals surface area contributed by atoms with Crippen molar-refractivity contribution in [1.82, 2.24) is 20.2 Å². The molecule has 1 saturated carbocycles. The minimum absolute atomic E-state index is 0.00603. The van der Waals surface area contributed by atoms with E-state index in [9.17, 15) is 4.79 Å². The molecule has 20 heavy (non-hydrogen) atoms. The van der Waals surface area contributed by atoms with Crippen molar-refractivity contribution in [2.75, 3.05) is 6.54 Å². The van der Waals surface area contributed by atoms with Crippen LogP contribution in [0.2, 0.25) is 0 Å². The van der Waals surface area contributed by atoms with Gasteiger partial charge in [-0.1, -0.05) is 19.3 Å². The first-order chi connectivity index (χ1) is 9.84. The maximum atomic E-state index is 11.7. The molecule has 5 heteroatoms. The van der Waals surface area contributed by atoms with E-state index < -0.39 is 0 Å². The Labute approximate surface area is 121 Å². The molecule has 2 N–H and O–H groups in total. The number of aromatic nitrogens is 2. The zero-order chi connectivity index (χ0) is 14.0. The number of urea groups is 1. The number of aryl methyl sites for hydroxylation is 1. The number of amides is 2. The molecular weight excluding hydrogens is 252 g/mol. The largest absolute Gasteiger partial charge is 0.338 e. The first kappa shape index (κ1) is 14.9. The molecule has 0 saturated heterocycles. The first-order valence-electron chi connectivity index (χ1n) is 7.85. The Morgan fingerprint density at radius 2 is 2.05 bits per heavy atom. The Kier molecular flexibility index (Phi) is 6.41. The standard InChI is InChI=1S/C15H26N4O/c20-15(18-14-7-3-1-4-8-14)17-9-5-2-6-11-19-12-10-16-13-19/h10,12-14H,1-9,11H2,(H2,17,18,20). The van der Waals surface area contributed by atoms with Crippen LogP contribution in [-0.2, 0) is 6.54 Å². The van der Waals surface area contributed by atoms with Crippen molar-refractivity contribution >= 4 is 6.03 Å². The van der Waals surface area contributed by atoms with Crippen LogP contribution in [0.4, 0.5) is 4.79 Å². The Bertz CT molecular complexity index is 371. The Hall–Kier alpha value is -1.52. The van der Waals surface area contributed by atoms with Crippen molar-refractivity contribution < 1.29 is 4.79 Å². The van der Waals surface area contributed by atoms with Crippen molar-refractivity contribution in [1.29, 1.82) is 0 Å². The quantitative estimate of drug-likeness (QED) is 0.753. The third kappa shape index (κ3) is 5.63. The number of nitrogens with zero attached hydrogens (tertiary/aromatic N) is 2. The first-order valence-corrected chi connectivity index (χ1v) is 7.85. The molecule has 1 aromatic heterocycles. The SMILES string of the molecule is O=C(NCCCCCn1ccnc1)NC1CCCCC1. The molecule has 0 aliphatic heterocycles. The van der Waals surface area contributed by atoms with Crippen LogP contribution in [0, 0.1) is 0 Å². The number of nitrogens with one attached hydrogen (secondary N) is 2. The van der Waals surface area contributed by atoms with E-state index in [4.69, 9.17) is 0 Å². The monoisotopic (exact) mass is 278 g/mol. The van der Waals surface area contributed by atoms with Crippen molar-refractivity contribution in [3.8, 4) is 0 Å². The molecule has 1 fully saturated rings. The summed E-state index contributed by atoms with van der Waals surface area (Å²) >= 11 is 0. The maximum absolute atomic E-state index is 11.7. The van der Waals surface area contributed by atoms with Crippen LogP contribution < -0.4 is 10.6 Å². The molecule has 1 aliphatic rings. The van der Waals surface area contributed by atoms with Crippen molar-refractivity contribution in [2.45, 2.75) is 64.0 Å². The third-order valence-electron chi connectivity index (χ3n) is 3.88. The average Bonchev–Trinajstić information content (AvgIpc) is 2.97. The van der Waals surface area contributed by atoms with Gasteiger partial charge in [-0.15, -0.1) is 0 Å². The second kappa shape index (κ2) is 8.61. The van der Waals surface area contributed by atoms with Crippen LogP contribution in [0.15, 0.2) is 18.7 Å². The molecule has 112 valence electrons. The van der Waals surface area contributed by atoms with E-state index in [1.165, 1.54) is 19.3 Å². The van der Waals surface area contributed by atoms with Gasteiger partial charge in [-0.05, 0) is 32.1 Å². The lowest BCUT2D eigenvalue weighted by atomic mass is 9.96. The van der Waals surface area contributed by atoms with Gasteiger partial charge in [0.15, 0.2) is 0 Å². The second-order valence-corrected chi connectivity index (χ2v) is 5.60. The van der Waals surface area contributed by atoms with Crippen LogP contribution in [-0.4, -0.2) is 28.2 Å². The van der Waals surface area contributed by atoms with Crippen LogP contribution in [0.3, 0.4) is 0 Å². The van der Waals surface area contributed by atoms with E-state index in [1.807, 2.05) is 12.5 Å². The van der Waals surface area contributed by atoms with Crippen molar-refractivity contribution in [3.63, 3.8) is 0 Å². The molecule has 0 bridgehead atoms. The fourth-order valence-corrected chi connectivity index (χ4v) is 2.70. The number of hydrogen-bond acceptors (Lipinski definition) is 2. The number of rotatable bonds is 7. The number of carbonyl (C=O) groups is 1. The van der Waals surface area contributed by atoms with Gasteiger partial charge in [0.1, 0.15) is 0 Å². The van der Waals surface area contributed by atoms with E-state index in [0.29, 0.717) is 6.04 Å². The summed E-state index contributed by atoms with van der Waals surface area (Å²) in [6.07, 6.45) is 15.0. The number of carbonyl (C=O) groups excluding carboxylic acids is 1. The van der Waals surface area contributed by atoms with E-state index in [2.05, 4.69) is 20.2 Å². The summed E-state index contributed by atoms with van der Waals surface area (Å²) < 4.78 is 2.09. The minimum atomic E-state index is 0.00603. The molecule has 1 aliphatic carbocycles. The zero-order valence-electron chi connectivity index (χ0n) is 12.2. The maximum Gasteiger partial charge on any atom is 0.315 e. The lowest BCUT2D eigenvalue weighted by molar-refractivity contribution is 0.232. The highest BCUT2D eigenvalue weighted by atomic mass is 16.2. The van der Waals surface area contributed by atoms with Gasteiger partial charge in [0.05, 0.1) is 6.33 Å². The van der Waals surface area contributed by atoms with E-state index in [-0.39, 0.29) is 6.03 Å². The molecule has 0 atom stereocenters. The molecule has 0 unspecified atom stereocenters. The van der Waals surface area contributed by atoms with Gasteiger partial charge in [-0.3, -0.25) is 0 Å². The molecular formula is C15H26N4O. The predicted octanol–water partition coefficient (Wildman–Crippen LogP) is 2.69. The van der Waals surface area contributed by atoms with Crippen LogP contribution in [0.5, 0.6) is 0 Å². The van der Waals surface area contributed by atoms with E-state index in [1.54, 1.807) is 6.20 Å². The van der Waals surface area contributed by atoms with Gasteiger partial charge in [-0.25, -0.2) is 9.78 Å². The lowest BCUT2D eigenvalue weighted by Gasteiger charge is -2.22. The van der Waals surface area contributed by atoms with Crippen molar-refractivity contribution in [2.24, 2.45) is 0 Å². The number of hydrogen-bond donors (Lipinski definition) is 2. The minimum Gasteiger partial charge on any atom is -0.338 e. The molecule has 1 aromatic rings. The molecule has 1 heterocycles. The summed E-state index contributed by atoms with van der Waals surface area (Å²) in [5, 5.41) is 6.02. The van der Waals surface area contributed by atoms with Gasteiger partial charge in [-0.2, -0.15) is 0 Å². The van der Waals surface area contributed by atoms with Gasteiger partial charge in [0.25, 0.3) is 0 Å². The highest BCUT2D eigenvalue weighted by Crippen LogP contribution is 2.17. The topological polar surface area (TPSA) is 59.0 Å². The Balaban J connectivity index is 1.45. The van der Waals surface area contributed by atoms with E-state index in [0.717, 1.165) is 45.2 Å². The number of imidazole rings is 1. The Morgan fingerprint density at radius 1 is 1.20 bits per heavy atom. The molecule has 0 spiro atoms. The fraction of sp³-hybridized carbons (Fsp3) is 0.733. The van der Waals surface area contributed by atoms with Crippen LogP contribution in [0.1, 0.15) is 51.4 Å². The highest BCUT2D eigenvalue weighted by Gasteiger charge is 2.14. The molecule has 5 nitrogen and oxygen atoms in total. The zero-order valence-corrected chi connectivity index (χ0v) is 12.2. The summed E-state index contributed by atoms with van der Waals surface area (Å²) in [4.78, 5) is 15.7. The molecule has 0 radical (unpaired) electrons. The highest BCUT2D eigenvalue weighted by molar-refractivity contribution is 5.74. The average molecular weight is 278 g/mol. The molecule has 0 aromatic carbocycles. The summed E-state index contributed by atoms with van der Waals surface area (Å²) in [5.41, 5.74) is 0. The van der Waals surface area contributed by atoms with Gasteiger partial charge < -0.3 is 15.2 Å². The smallest absolute Gasteiger partial charge is 0.315 e. The Morgan fingerprint density at radius 3 is 2.80 bits per heavy atom. The van der Waals surface area contributed by atoms with Crippen LogP contribution in [0.25, 0.3) is 0 Å². The predicted molar refractivity (Wildman–Crippen MR) is 79.5 cm³/mol. The molecule has 2 rings (SSSR count). The van der Waals surface area contributed by atoms with Gasteiger partial charge in [0, 0.05) is 31.5 Å². The van der Waals surface area contributed by atoms with Gasteiger partial charge >= 0.3 is 6.03 Å². The van der Waals surface area contributed by atoms with Gasteiger partial charge in [0.2, 0.25) is 0 Å². The normalized spacial score (nSPS) is 16.0. The number of unbranched alkanes of at least 4 members (excludes halogenated alkanes) is 2. The lowest BCUT2D eigenvalue weighted by Crippen LogP contribution is -2.43. The van der Waals surface area contributed by atoms with E-state index >= 15 is 0 Å². The van der Waals surface area contributed by atoms with Crippen molar-refractivity contribution in [3.05, 3.63) is 18.7 Å². The summed E-state index contributed by atoms with van der Waals surface area (Å²) in [6.45, 7) is 1.77. The summed E-state index contributed by atoms with van der Waals surface area (Å²) in [6, 6.07) is 0.400. The summed E-state index contributed by atoms with van der Waals surface area (Å²) in [7, 11) is 0. The van der Waals surface area contributed by atoms with Crippen LogP contribution >= 0.6 is 0 Å².